The first-order valence-corrected chi connectivity index (χ1v) is 5.81. The third kappa shape index (κ3) is 2.68. The summed E-state index contributed by atoms with van der Waals surface area (Å²) in [4.78, 5) is 0. The number of hydrogen-bond donors (Lipinski definition) is 1. The second kappa shape index (κ2) is 4.97. The Kier molecular flexibility index (Phi) is 3.62. The van der Waals surface area contributed by atoms with Gasteiger partial charge in [-0.1, -0.05) is 0 Å². The van der Waals surface area contributed by atoms with Gasteiger partial charge in [0.25, 0.3) is 0 Å². The zero-order valence-electron chi connectivity index (χ0n) is 8.47. The van der Waals surface area contributed by atoms with E-state index in [4.69, 9.17) is 0 Å². The Morgan fingerprint density at radius 3 is 2.46 bits per heavy atom. The summed E-state index contributed by atoms with van der Waals surface area (Å²) >= 11 is 0. The van der Waals surface area contributed by atoms with E-state index >= 15 is 0 Å². The second-order valence-corrected chi connectivity index (χ2v) is 4.45. The predicted octanol–water partition coefficient (Wildman–Crippen LogP) is 1.39. The van der Waals surface area contributed by atoms with Gasteiger partial charge in [0.05, 0.1) is 0 Å². The Labute approximate surface area is 81.5 Å². The SMILES string of the molecule is C1CNCCC(C2CC[N]CC2)C1. The van der Waals surface area contributed by atoms with E-state index in [9.17, 15) is 0 Å². The van der Waals surface area contributed by atoms with Crippen molar-refractivity contribution in [3.05, 3.63) is 0 Å². The van der Waals surface area contributed by atoms with Crippen LogP contribution in [0.1, 0.15) is 32.1 Å². The minimum atomic E-state index is 0.998. The van der Waals surface area contributed by atoms with E-state index in [1.807, 2.05) is 0 Å². The fourth-order valence-corrected chi connectivity index (χ4v) is 2.76. The Hall–Kier alpha value is -0.0800. The van der Waals surface area contributed by atoms with Crippen LogP contribution >= 0.6 is 0 Å². The van der Waals surface area contributed by atoms with Crippen molar-refractivity contribution in [2.75, 3.05) is 26.2 Å². The van der Waals surface area contributed by atoms with Crippen LogP contribution in [-0.4, -0.2) is 26.2 Å². The summed E-state index contributed by atoms with van der Waals surface area (Å²) in [5.41, 5.74) is 0. The van der Waals surface area contributed by atoms with Gasteiger partial charge in [-0.05, 0) is 57.0 Å². The number of nitrogens with one attached hydrogen (secondary N) is 1. The molecule has 1 N–H and O–H groups in total. The average molecular weight is 181 g/mol. The largest absolute Gasteiger partial charge is 0.317 e. The quantitative estimate of drug-likeness (QED) is 0.650. The molecule has 1 radical (unpaired) electrons. The van der Waals surface area contributed by atoms with E-state index in [1.165, 1.54) is 45.2 Å². The van der Waals surface area contributed by atoms with Crippen LogP contribution in [0.5, 0.6) is 0 Å². The summed E-state index contributed by atoms with van der Waals surface area (Å²) < 4.78 is 0. The number of nitrogens with zero attached hydrogens (tertiary/aromatic N) is 1. The molecule has 2 heteroatoms. The van der Waals surface area contributed by atoms with Gasteiger partial charge in [0.2, 0.25) is 0 Å². The standard InChI is InChI=1S/C11H21N2/c1-2-10(3-7-12-6-1)11-4-8-13-9-5-11/h10-12H,1-9H2. The molecule has 0 aromatic rings. The van der Waals surface area contributed by atoms with E-state index < -0.39 is 0 Å². The van der Waals surface area contributed by atoms with E-state index in [0.717, 1.165) is 24.9 Å². The van der Waals surface area contributed by atoms with Crippen molar-refractivity contribution < 1.29 is 0 Å². The molecule has 0 saturated carbocycles. The van der Waals surface area contributed by atoms with E-state index in [-0.39, 0.29) is 0 Å². The van der Waals surface area contributed by atoms with Gasteiger partial charge in [-0.3, -0.25) is 0 Å². The van der Waals surface area contributed by atoms with Gasteiger partial charge in [0.1, 0.15) is 0 Å². The molecule has 0 bridgehead atoms. The molecule has 0 aromatic carbocycles. The number of hydrogen-bond acceptors (Lipinski definition) is 1. The molecule has 0 amide bonds. The Morgan fingerprint density at radius 1 is 0.846 bits per heavy atom. The van der Waals surface area contributed by atoms with Gasteiger partial charge in [0.15, 0.2) is 0 Å². The lowest BCUT2D eigenvalue weighted by atomic mass is 9.81. The molecular weight excluding hydrogens is 160 g/mol. The van der Waals surface area contributed by atoms with E-state index in [0.29, 0.717) is 0 Å². The lowest BCUT2D eigenvalue weighted by molar-refractivity contribution is 0.239. The molecule has 2 saturated heterocycles. The minimum Gasteiger partial charge on any atom is -0.317 e. The topological polar surface area (TPSA) is 26.1 Å². The number of rotatable bonds is 1. The zero-order valence-corrected chi connectivity index (χ0v) is 8.47. The Balaban J connectivity index is 1.82. The Morgan fingerprint density at radius 2 is 1.62 bits per heavy atom. The van der Waals surface area contributed by atoms with Crippen LogP contribution in [0.4, 0.5) is 0 Å². The van der Waals surface area contributed by atoms with Crippen LogP contribution in [0, 0.1) is 11.8 Å². The van der Waals surface area contributed by atoms with Crippen LogP contribution in [-0.2, 0) is 0 Å². The molecule has 2 nitrogen and oxygen atoms in total. The van der Waals surface area contributed by atoms with Crippen molar-refractivity contribution in [1.29, 1.82) is 0 Å². The van der Waals surface area contributed by atoms with Gasteiger partial charge in [-0.25, -0.2) is 5.32 Å². The van der Waals surface area contributed by atoms with Crippen molar-refractivity contribution in [3.63, 3.8) is 0 Å². The van der Waals surface area contributed by atoms with Crippen LogP contribution in [0.3, 0.4) is 0 Å². The molecule has 1 atom stereocenters. The highest BCUT2D eigenvalue weighted by Gasteiger charge is 2.24. The smallest absolute Gasteiger partial charge is 0.0136 e. The molecule has 2 aliphatic rings. The van der Waals surface area contributed by atoms with Crippen molar-refractivity contribution in [1.82, 2.24) is 10.6 Å². The van der Waals surface area contributed by atoms with E-state index in [2.05, 4.69) is 10.6 Å². The highest BCUT2D eigenvalue weighted by atomic mass is 14.9. The van der Waals surface area contributed by atoms with Gasteiger partial charge in [-0.15, -0.1) is 0 Å². The lowest BCUT2D eigenvalue weighted by Crippen LogP contribution is -2.28. The zero-order chi connectivity index (χ0) is 8.93. The molecule has 13 heavy (non-hydrogen) atoms. The van der Waals surface area contributed by atoms with Crippen LogP contribution < -0.4 is 10.6 Å². The molecule has 0 spiro atoms. The third-order valence-corrected chi connectivity index (χ3v) is 3.60. The first-order valence-electron chi connectivity index (χ1n) is 5.81. The molecule has 1 unspecified atom stereocenters. The van der Waals surface area contributed by atoms with Crippen molar-refractivity contribution in [2.45, 2.75) is 32.1 Å². The fourth-order valence-electron chi connectivity index (χ4n) is 2.76. The summed E-state index contributed by atoms with van der Waals surface area (Å²) in [6.45, 7) is 4.76. The van der Waals surface area contributed by atoms with Crippen molar-refractivity contribution >= 4 is 0 Å². The van der Waals surface area contributed by atoms with Gasteiger partial charge < -0.3 is 5.32 Å². The monoisotopic (exact) mass is 181 g/mol. The van der Waals surface area contributed by atoms with Crippen LogP contribution in [0.15, 0.2) is 0 Å². The normalized spacial score (nSPS) is 32.8. The van der Waals surface area contributed by atoms with Gasteiger partial charge in [-0.2, -0.15) is 0 Å². The molecule has 2 heterocycles. The third-order valence-electron chi connectivity index (χ3n) is 3.60. The second-order valence-electron chi connectivity index (χ2n) is 4.45. The van der Waals surface area contributed by atoms with Crippen molar-refractivity contribution in [2.24, 2.45) is 11.8 Å². The van der Waals surface area contributed by atoms with E-state index in [1.54, 1.807) is 0 Å². The summed E-state index contributed by atoms with van der Waals surface area (Å²) in [6, 6.07) is 0. The predicted molar refractivity (Wildman–Crippen MR) is 54.8 cm³/mol. The fraction of sp³-hybridized carbons (Fsp3) is 1.00. The maximum Gasteiger partial charge on any atom is 0.0136 e. The van der Waals surface area contributed by atoms with Crippen molar-refractivity contribution in [3.8, 4) is 0 Å². The molecule has 0 aromatic heterocycles. The van der Waals surface area contributed by atoms with Crippen LogP contribution in [0.25, 0.3) is 0 Å². The average Bonchev–Trinajstić information content (AvgIpc) is 2.47. The lowest BCUT2D eigenvalue weighted by Gasteiger charge is -2.29. The summed E-state index contributed by atoms with van der Waals surface area (Å²) in [5, 5.41) is 7.92. The minimum absolute atomic E-state index is 0.998. The summed E-state index contributed by atoms with van der Waals surface area (Å²) in [7, 11) is 0. The first kappa shape index (κ1) is 9.47. The molecule has 2 aliphatic heterocycles. The van der Waals surface area contributed by atoms with Crippen LogP contribution in [0.2, 0.25) is 0 Å². The molecule has 2 fully saturated rings. The molecule has 0 aliphatic carbocycles. The highest BCUT2D eigenvalue weighted by molar-refractivity contribution is 4.78. The summed E-state index contributed by atoms with van der Waals surface area (Å²) in [6.07, 6.45) is 6.98. The maximum absolute atomic E-state index is 4.43. The summed E-state index contributed by atoms with van der Waals surface area (Å²) in [5.74, 6) is 2.00. The Bertz CT molecular complexity index is 133. The molecule has 2 rings (SSSR count). The van der Waals surface area contributed by atoms with Gasteiger partial charge in [0, 0.05) is 13.1 Å². The maximum atomic E-state index is 4.43. The molecule has 75 valence electrons. The first-order chi connectivity index (χ1) is 6.47. The highest BCUT2D eigenvalue weighted by Crippen LogP contribution is 2.29. The van der Waals surface area contributed by atoms with Gasteiger partial charge >= 0.3 is 0 Å². The number of piperidine rings is 1. The molecular formula is C11H21N2.